The molecule has 5 aromatic carbocycles. The van der Waals surface area contributed by atoms with E-state index in [0.717, 1.165) is 28.0 Å². The highest BCUT2D eigenvalue weighted by Gasteiger charge is 2.19. The molecule has 0 radical (unpaired) electrons. The third kappa shape index (κ3) is 6.90. The van der Waals surface area contributed by atoms with Gasteiger partial charge in [-0.15, -0.1) is 0 Å². The van der Waals surface area contributed by atoms with E-state index in [-0.39, 0.29) is 34.1 Å². The fourth-order valence-corrected chi connectivity index (χ4v) is 4.74. The fraction of sp³-hybridized carbons (Fsp3) is 0.111. The number of carbonyl (C=O) groups excluding carboxylic acids is 2. The third-order valence-electron chi connectivity index (χ3n) is 7.21. The van der Waals surface area contributed by atoms with Crippen molar-refractivity contribution in [3.63, 3.8) is 0 Å². The molecule has 0 unspecified atom stereocenters. The molecule has 0 atom stereocenters. The zero-order valence-electron chi connectivity index (χ0n) is 24.9. The van der Waals surface area contributed by atoms with Gasteiger partial charge in [0.05, 0.1) is 39.1 Å². The first-order valence-corrected chi connectivity index (χ1v) is 13.9. The molecule has 0 aliphatic heterocycles. The number of aliphatic hydroxyl groups is 1. The summed E-state index contributed by atoms with van der Waals surface area (Å²) in [5.74, 6) is 0.0225. The number of nitrogens with one attached hydrogen (secondary N) is 1. The Labute approximate surface area is 260 Å². The molecule has 5 rings (SSSR count). The maximum atomic E-state index is 13.0. The van der Waals surface area contributed by atoms with E-state index in [1.807, 2.05) is 60.7 Å². The summed E-state index contributed by atoms with van der Waals surface area (Å²) in [6.45, 7) is -0.446. The van der Waals surface area contributed by atoms with Gasteiger partial charge in [-0.1, -0.05) is 48.5 Å². The lowest BCUT2D eigenvalue weighted by atomic mass is 10.0. The molecule has 0 bridgehead atoms. The third-order valence-corrected chi connectivity index (χ3v) is 7.21. The topological polar surface area (TPSA) is 124 Å². The Morgan fingerprint density at radius 1 is 0.644 bits per heavy atom. The normalized spacial score (nSPS) is 10.6. The molecule has 5 aromatic rings. The van der Waals surface area contributed by atoms with Gasteiger partial charge in [-0.25, -0.2) is 4.79 Å². The van der Waals surface area contributed by atoms with Crippen molar-refractivity contribution < 1.29 is 38.7 Å². The zero-order chi connectivity index (χ0) is 31.9. The van der Waals surface area contributed by atoms with Gasteiger partial charge in [0.25, 0.3) is 5.91 Å². The standard InChI is InChI=1S/C36H31NO8/c1-42-28-13-8-24(9-14-28)22-4-6-23(7-5-22)25-10-15-29(16-11-25)45-36(41)26-12-17-31(27(18-26)21-38)37-35(40)30-19-34(44-3)32(39)20-33(30)43-2/h4-20,38-39H,21H2,1-3H3,(H,37,40). The molecular weight excluding hydrogens is 574 g/mol. The van der Waals surface area contributed by atoms with Crippen LogP contribution in [0.2, 0.25) is 0 Å². The average molecular weight is 606 g/mol. The maximum Gasteiger partial charge on any atom is 0.343 e. The molecule has 0 spiro atoms. The minimum absolute atomic E-state index is 0.0945. The van der Waals surface area contributed by atoms with Gasteiger partial charge < -0.3 is 34.5 Å². The van der Waals surface area contributed by atoms with Crippen LogP contribution >= 0.6 is 0 Å². The average Bonchev–Trinajstić information content (AvgIpc) is 3.08. The lowest BCUT2D eigenvalue weighted by Gasteiger charge is -2.14. The summed E-state index contributed by atoms with van der Waals surface area (Å²) >= 11 is 0. The number of anilines is 1. The van der Waals surface area contributed by atoms with E-state index in [9.17, 15) is 19.8 Å². The largest absolute Gasteiger partial charge is 0.504 e. The monoisotopic (exact) mass is 605 g/mol. The van der Waals surface area contributed by atoms with E-state index in [2.05, 4.69) is 5.32 Å². The molecule has 228 valence electrons. The van der Waals surface area contributed by atoms with Crippen LogP contribution in [0.4, 0.5) is 5.69 Å². The van der Waals surface area contributed by atoms with Crippen LogP contribution in [0.1, 0.15) is 26.3 Å². The Hall–Kier alpha value is -5.80. The molecule has 0 heterocycles. The minimum atomic E-state index is -0.621. The summed E-state index contributed by atoms with van der Waals surface area (Å²) < 4.78 is 21.1. The minimum Gasteiger partial charge on any atom is -0.504 e. The molecule has 0 saturated heterocycles. The molecule has 3 N–H and O–H groups in total. The molecule has 1 amide bonds. The summed E-state index contributed by atoms with van der Waals surface area (Å²) in [5.41, 5.74) is 5.03. The number of aromatic hydroxyl groups is 1. The summed E-state index contributed by atoms with van der Waals surface area (Å²) in [7, 11) is 4.37. The van der Waals surface area contributed by atoms with Crippen LogP contribution in [0.25, 0.3) is 22.3 Å². The van der Waals surface area contributed by atoms with Crippen LogP contribution in [0.3, 0.4) is 0 Å². The van der Waals surface area contributed by atoms with Crippen molar-refractivity contribution in [2.45, 2.75) is 6.61 Å². The fourth-order valence-electron chi connectivity index (χ4n) is 4.74. The molecule has 0 aromatic heterocycles. The number of methoxy groups -OCH3 is 3. The number of hydrogen-bond donors (Lipinski definition) is 3. The Morgan fingerprint density at radius 3 is 1.69 bits per heavy atom. The second-order valence-corrected chi connectivity index (χ2v) is 9.93. The smallest absolute Gasteiger partial charge is 0.343 e. The predicted molar refractivity (Wildman–Crippen MR) is 170 cm³/mol. The number of phenols is 1. The molecule has 0 fully saturated rings. The Balaban J connectivity index is 1.25. The summed E-state index contributed by atoms with van der Waals surface area (Å²) in [4.78, 5) is 26.0. The van der Waals surface area contributed by atoms with Gasteiger partial charge in [0.2, 0.25) is 0 Å². The van der Waals surface area contributed by atoms with Crippen molar-refractivity contribution >= 4 is 17.6 Å². The van der Waals surface area contributed by atoms with Gasteiger partial charge >= 0.3 is 5.97 Å². The second kappa shape index (κ2) is 13.7. The lowest BCUT2D eigenvalue weighted by Crippen LogP contribution is -2.16. The van der Waals surface area contributed by atoms with E-state index in [1.165, 1.54) is 44.6 Å². The van der Waals surface area contributed by atoms with Crippen molar-refractivity contribution in [1.82, 2.24) is 0 Å². The van der Waals surface area contributed by atoms with Crippen LogP contribution in [-0.2, 0) is 6.61 Å². The molecule has 9 heteroatoms. The number of rotatable bonds is 10. The summed E-state index contributed by atoms with van der Waals surface area (Å²) in [6, 6.07) is 30.3. The first kappa shape index (κ1) is 30.7. The number of carbonyl (C=O) groups is 2. The van der Waals surface area contributed by atoms with Crippen molar-refractivity contribution in [1.29, 1.82) is 0 Å². The van der Waals surface area contributed by atoms with Gasteiger partial charge in [0.15, 0.2) is 11.5 Å². The van der Waals surface area contributed by atoms with Gasteiger partial charge in [0, 0.05) is 23.4 Å². The first-order chi connectivity index (χ1) is 21.8. The number of benzene rings is 5. The SMILES string of the molecule is COc1ccc(-c2ccc(-c3ccc(OC(=O)c4ccc(NC(=O)c5cc(OC)c(O)cc5OC)c(CO)c4)cc3)cc2)cc1. The van der Waals surface area contributed by atoms with E-state index in [4.69, 9.17) is 18.9 Å². The zero-order valence-corrected chi connectivity index (χ0v) is 24.9. The van der Waals surface area contributed by atoms with E-state index in [1.54, 1.807) is 19.2 Å². The predicted octanol–water partition coefficient (Wildman–Crippen LogP) is 6.72. The van der Waals surface area contributed by atoms with Crippen LogP contribution in [-0.4, -0.2) is 43.4 Å². The first-order valence-electron chi connectivity index (χ1n) is 13.9. The van der Waals surface area contributed by atoms with Crippen LogP contribution in [0.15, 0.2) is 103 Å². The van der Waals surface area contributed by atoms with Crippen LogP contribution in [0, 0.1) is 0 Å². The Bertz CT molecular complexity index is 1810. The van der Waals surface area contributed by atoms with Crippen LogP contribution in [0.5, 0.6) is 28.7 Å². The highest BCUT2D eigenvalue weighted by Crippen LogP contribution is 2.34. The number of amides is 1. The highest BCUT2D eigenvalue weighted by molar-refractivity contribution is 6.07. The lowest BCUT2D eigenvalue weighted by molar-refractivity contribution is 0.0734. The van der Waals surface area contributed by atoms with Crippen molar-refractivity contribution in [3.05, 3.63) is 120 Å². The van der Waals surface area contributed by atoms with E-state index < -0.39 is 18.5 Å². The van der Waals surface area contributed by atoms with Crippen molar-refractivity contribution in [2.24, 2.45) is 0 Å². The summed E-state index contributed by atoms with van der Waals surface area (Å²) in [5, 5.41) is 22.7. The number of aliphatic hydroxyl groups excluding tert-OH is 1. The van der Waals surface area contributed by atoms with Crippen molar-refractivity contribution in [3.8, 4) is 51.0 Å². The molecule has 0 aliphatic rings. The van der Waals surface area contributed by atoms with E-state index >= 15 is 0 Å². The quantitative estimate of drug-likeness (QED) is 0.119. The van der Waals surface area contributed by atoms with Gasteiger partial charge in [-0.05, 0) is 64.7 Å². The van der Waals surface area contributed by atoms with Gasteiger partial charge in [-0.2, -0.15) is 0 Å². The number of phenolic OH excluding ortho intramolecular Hbond substituents is 1. The molecule has 9 nitrogen and oxygen atoms in total. The van der Waals surface area contributed by atoms with Crippen molar-refractivity contribution in [2.75, 3.05) is 26.6 Å². The van der Waals surface area contributed by atoms with Gasteiger partial charge in [0.1, 0.15) is 17.2 Å². The van der Waals surface area contributed by atoms with E-state index in [0.29, 0.717) is 11.3 Å². The number of ether oxygens (including phenoxy) is 4. The molecule has 45 heavy (non-hydrogen) atoms. The maximum absolute atomic E-state index is 13.0. The Morgan fingerprint density at radius 2 is 1.18 bits per heavy atom. The number of esters is 1. The highest BCUT2D eigenvalue weighted by atomic mass is 16.5. The van der Waals surface area contributed by atoms with Crippen LogP contribution < -0.4 is 24.3 Å². The number of hydrogen-bond acceptors (Lipinski definition) is 8. The molecule has 0 saturated carbocycles. The Kier molecular flexibility index (Phi) is 9.31. The molecular formula is C36H31NO8. The van der Waals surface area contributed by atoms with Gasteiger partial charge in [-0.3, -0.25) is 4.79 Å². The summed E-state index contributed by atoms with van der Waals surface area (Å²) in [6.07, 6.45) is 0. The second-order valence-electron chi connectivity index (χ2n) is 9.93. The molecule has 0 aliphatic carbocycles.